The summed E-state index contributed by atoms with van der Waals surface area (Å²) in [6, 6.07) is 4.54. The van der Waals surface area contributed by atoms with Crippen molar-refractivity contribution in [3.05, 3.63) is 35.4 Å². The van der Waals surface area contributed by atoms with E-state index in [9.17, 15) is 8.78 Å². The number of rotatable bonds is 4. The molecule has 0 spiro atoms. The Bertz CT molecular complexity index is 417. The molecule has 0 bridgehead atoms. The first-order valence-electron chi connectivity index (χ1n) is 7.00. The summed E-state index contributed by atoms with van der Waals surface area (Å²) < 4.78 is 26.3. The average molecular weight is 268 g/mol. The molecule has 1 unspecified atom stereocenters. The SMILES string of the molecule is CN(C1CCCCC1)C(CN)c1ccc(F)c(F)c1. The zero-order chi connectivity index (χ0) is 13.8. The van der Waals surface area contributed by atoms with E-state index in [0.29, 0.717) is 12.6 Å². The lowest BCUT2D eigenvalue weighted by molar-refractivity contribution is 0.140. The summed E-state index contributed by atoms with van der Waals surface area (Å²) in [6.07, 6.45) is 6.10. The van der Waals surface area contributed by atoms with E-state index < -0.39 is 11.6 Å². The second-order valence-electron chi connectivity index (χ2n) is 5.38. The summed E-state index contributed by atoms with van der Waals surface area (Å²) in [6.45, 7) is 0.415. The molecule has 0 heterocycles. The van der Waals surface area contributed by atoms with Gasteiger partial charge in [0, 0.05) is 18.6 Å². The third kappa shape index (κ3) is 3.31. The molecule has 106 valence electrons. The molecule has 0 aliphatic heterocycles. The lowest BCUT2D eigenvalue weighted by Crippen LogP contribution is -2.39. The van der Waals surface area contributed by atoms with Crippen LogP contribution in [0.1, 0.15) is 43.7 Å². The van der Waals surface area contributed by atoms with Gasteiger partial charge in [-0.05, 0) is 37.6 Å². The van der Waals surface area contributed by atoms with Crippen molar-refractivity contribution in [3.63, 3.8) is 0 Å². The number of hydrogen-bond donors (Lipinski definition) is 1. The van der Waals surface area contributed by atoms with Gasteiger partial charge in [0.1, 0.15) is 0 Å². The summed E-state index contributed by atoms with van der Waals surface area (Å²) in [5.41, 5.74) is 6.60. The molecule has 4 heteroatoms. The molecular formula is C15H22F2N2. The fourth-order valence-electron chi connectivity index (χ4n) is 3.00. The van der Waals surface area contributed by atoms with E-state index in [1.165, 1.54) is 31.4 Å². The van der Waals surface area contributed by atoms with Gasteiger partial charge in [0.25, 0.3) is 0 Å². The van der Waals surface area contributed by atoms with Gasteiger partial charge in [0.05, 0.1) is 0 Å². The van der Waals surface area contributed by atoms with Crippen LogP contribution in [-0.4, -0.2) is 24.5 Å². The number of benzene rings is 1. The van der Waals surface area contributed by atoms with Gasteiger partial charge in [0.15, 0.2) is 11.6 Å². The highest BCUT2D eigenvalue weighted by Gasteiger charge is 2.25. The van der Waals surface area contributed by atoms with Gasteiger partial charge in [-0.25, -0.2) is 8.78 Å². The van der Waals surface area contributed by atoms with Gasteiger partial charge in [-0.15, -0.1) is 0 Å². The minimum atomic E-state index is -0.806. The summed E-state index contributed by atoms with van der Waals surface area (Å²) >= 11 is 0. The Balaban J connectivity index is 2.15. The Hall–Kier alpha value is -1.00. The normalized spacial score (nSPS) is 18.8. The van der Waals surface area contributed by atoms with Gasteiger partial charge in [0.2, 0.25) is 0 Å². The van der Waals surface area contributed by atoms with E-state index in [1.54, 1.807) is 6.07 Å². The van der Waals surface area contributed by atoms with Crippen molar-refractivity contribution in [1.29, 1.82) is 0 Å². The van der Waals surface area contributed by atoms with Crippen LogP contribution in [0.2, 0.25) is 0 Å². The van der Waals surface area contributed by atoms with E-state index in [4.69, 9.17) is 5.73 Å². The maximum atomic E-state index is 13.3. The largest absolute Gasteiger partial charge is 0.329 e. The van der Waals surface area contributed by atoms with E-state index >= 15 is 0 Å². The van der Waals surface area contributed by atoms with Crippen molar-refractivity contribution >= 4 is 0 Å². The van der Waals surface area contributed by atoms with Crippen LogP contribution in [0.4, 0.5) is 8.78 Å². The predicted octanol–water partition coefficient (Wildman–Crippen LogP) is 3.23. The Morgan fingerprint density at radius 1 is 1.21 bits per heavy atom. The molecule has 1 fully saturated rings. The number of nitrogens with two attached hydrogens (primary N) is 1. The van der Waals surface area contributed by atoms with Crippen molar-refractivity contribution in [2.75, 3.05) is 13.6 Å². The lowest BCUT2D eigenvalue weighted by Gasteiger charge is -2.37. The van der Waals surface area contributed by atoms with Crippen molar-refractivity contribution in [3.8, 4) is 0 Å². The number of hydrogen-bond acceptors (Lipinski definition) is 2. The molecule has 2 rings (SSSR count). The highest BCUT2D eigenvalue weighted by molar-refractivity contribution is 5.22. The minimum absolute atomic E-state index is 0.0433. The minimum Gasteiger partial charge on any atom is -0.329 e. The first-order valence-corrected chi connectivity index (χ1v) is 7.00. The molecule has 1 aromatic carbocycles. The zero-order valence-electron chi connectivity index (χ0n) is 11.4. The van der Waals surface area contributed by atoms with Crippen LogP contribution in [0.15, 0.2) is 18.2 Å². The average Bonchev–Trinajstić information content (AvgIpc) is 2.44. The molecule has 1 aliphatic carbocycles. The quantitative estimate of drug-likeness (QED) is 0.908. The number of nitrogens with zero attached hydrogens (tertiary/aromatic N) is 1. The molecule has 0 aromatic heterocycles. The molecule has 19 heavy (non-hydrogen) atoms. The van der Waals surface area contributed by atoms with Gasteiger partial charge in [-0.2, -0.15) is 0 Å². The molecule has 2 N–H and O–H groups in total. The maximum absolute atomic E-state index is 13.3. The maximum Gasteiger partial charge on any atom is 0.159 e. The highest BCUT2D eigenvalue weighted by Crippen LogP contribution is 2.29. The predicted molar refractivity (Wildman–Crippen MR) is 72.8 cm³/mol. The van der Waals surface area contributed by atoms with Gasteiger partial charge in [-0.3, -0.25) is 4.90 Å². The second-order valence-corrected chi connectivity index (χ2v) is 5.38. The highest BCUT2D eigenvalue weighted by atomic mass is 19.2. The summed E-state index contributed by atoms with van der Waals surface area (Å²) in [5.74, 6) is -1.60. The molecule has 2 nitrogen and oxygen atoms in total. The van der Waals surface area contributed by atoms with Crippen LogP contribution in [0.5, 0.6) is 0 Å². The van der Waals surface area contributed by atoms with E-state index in [0.717, 1.165) is 18.4 Å². The summed E-state index contributed by atoms with van der Waals surface area (Å²) in [5, 5.41) is 0. The van der Waals surface area contributed by atoms with Crippen molar-refractivity contribution in [2.45, 2.75) is 44.2 Å². The monoisotopic (exact) mass is 268 g/mol. The van der Waals surface area contributed by atoms with E-state index in [-0.39, 0.29) is 6.04 Å². The summed E-state index contributed by atoms with van der Waals surface area (Å²) in [4.78, 5) is 2.23. The smallest absolute Gasteiger partial charge is 0.159 e. The topological polar surface area (TPSA) is 29.3 Å². The van der Waals surface area contributed by atoms with E-state index in [1.807, 2.05) is 7.05 Å². The molecule has 1 atom stereocenters. The third-order valence-electron chi connectivity index (χ3n) is 4.19. The van der Waals surface area contributed by atoms with Crippen molar-refractivity contribution in [1.82, 2.24) is 4.90 Å². The molecular weight excluding hydrogens is 246 g/mol. The molecule has 1 aliphatic rings. The fraction of sp³-hybridized carbons (Fsp3) is 0.600. The molecule has 0 radical (unpaired) electrons. The zero-order valence-corrected chi connectivity index (χ0v) is 11.4. The van der Waals surface area contributed by atoms with Crippen LogP contribution in [0.3, 0.4) is 0 Å². The van der Waals surface area contributed by atoms with Crippen LogP contribution in [-0.2, 0) is 0 Å². The number of likely N-dealkylation sites (N-methyl/N-ethyl adjacent to an activating group) is 1. The molecule has 0 amide bonds. The van der Waals surface area contributed by atoms with Gasteiger partial charge in [-0.1, -0.05) is 25.3 Å². The van der Waals surface area contributed by atoms with Gasteiger partial charge < -0.3 is 5.73 Å². The summed E-state index contributed by atoms with van der Waals surface area (Å²) in [7, 11) is 2.04. The Morgan fingerprint density at radius 2 is 1.89 bits per heavy atom. The third-order valence-corrected chi connectivity index (χ3v) is 4.19. The molecule has 0 saturated heterocycles. The van der Waals surface area contributed by atoms with Crippen molar-refractivity contribution in [2.24, 2.45) is 5.73 Å². The molecule has 1 aromatic rings. The lowest BCUT2D eigenvalue weighted by atomic mass is 9.92. The number of halogens is 2. The standard InChI is InChI=1S/C15H22F2N2/c1-19(12-5-3-2-4-6-12)15(10-18)11-7-8-13(16)14(17)9-11/h7-9,12,15H,2-6,10,18H2,1H3. The Labute approximate surface area is 113 Å². The second kappa shape index (κ2) is 6.44. The van der Waals surface area contributed by atoms with Crippen LogP contribution in [0.25, 0.3) is 0 Å². The van der Waals surface area contributed by atoms with Crippen molar-refractivity contribution < 1.29 is 8.78 Å². The first kappa shape index (κ1) is 14.4. The van der Waals surface area contributed by atoms with Crippen LogP contribution < -0.4 is 5.73 Å². The first-order chi connectivity index (χ1) is 9.13. The van der Waals surface area contributed by atoms with E-state index in [2.05, 4.69) is 4.90 Å². The molecule has 1 saturated carbocycles. The Kier molecular flexibility index (Phi) is 4.88. The Morgan fingerprint density at radius 3 is 2.47 bits per heavy atom. The fourth-order valence-corrected chi connectivity index (χ4v) is 3.00. The van der Waals surface area contributed by atoms with Crippen LogP contribution in [0, 0.1) is 11.6 Å². The van der Waals surface area contributed by atoms with Crippen LogP contribution >= 0.6 is 0 Å². The van der Waals surface area contributed by atoms with Gasteiger partial charge >= 0.3 is 0 Å².